The van der Waals surface area contributed by atoms with Crippen molar-refractivity contribution in [2.45, 2.75) is 13.8 Å². The maximum atomic E-state index is 13.2. The van der Waals surface area contributed by atoms with Crippen molar-refractivity contribution in [1.29, 1.82) is 0 Å². The Morgan fingerprint density at radius 3 is 2.54 bits per heavy atom. The van der Waals surface area contributed by atoms with Gasteiger partial charge in [-0.15, -0.1) is 0 Å². The molecule has 70 valence electrons. The van der Waals surface area contributed by atoms with Crippen LogP contribution in [0, 0.1) is 11.7 Å². The number of allylic oxidation sites excluding steroid dienone is 1. The fourth-order valence-electron chi connectivity index (χ4n) is 1.14. The lowest BCUT2D eigenvalue weighted by Gasteiger charge is -2.04. The Labute approximate surface area is 78.1 Å². The maximum absolute atomic E-state index is 13.2. The second-order valence-corrected chi connectivity index (χ2v) is 3.35. The Hall–Kier alpha value is -1.31. The molecule has 0 aliphatic rings. The molecule has 0 aliphatic carbocycles. The van der Waals surface area contributed by atoms with Gasteiger partial charge in [-0.1, -0.05) is 32.1 Å². The van der Waals surface area contributed by atoms with E-state index in [1.807, 2.05) is 19.9 Å². The number of nitrogens with two attached hydrogens (primary N) is 1. The van der Waals surface area contributed by atoms with Crippen LogP contribution in [0.15, 0.2) is 30.3 Å². The third-order valence-corrected chi connectivity index (χ3v) is 1.70. The van der Waals surface area contributed by atoms with Crippen LogP contribution in [-0.4, -0.2) is 0 Å². The van der Waals surface area contributed by atoms with Crippen molar-refractivity contribution >= 4 is 5.70 Å². The van der Waals surface area contributed by atoms with Crippen LogP contribution in [0.3, 0.4) is 0 Å². The molecule has 0 atom stereocenters. The molecule has 2 heteroatoms. The third kappa shape index (κ3) is 2.58. The van der Waals surface area contributed by atoms with Gasteiger partial charge < -0.3 is 5.73 Å². The SMILES string of the molecule is CC(C)/C=C(\N)c1ccccc1F. The second-order valence-electron chi connectivity index (χ2n) is 3.35. The molecular weight excluding hydrogens is 165 g/mol. The molecule has 2 N–H and O–H groups in total. The summed E-state index contributed by atoms with van der Waals surface area (Å²) in [6.45, 7) is 4.02. The van der Waals surface area contributed by atoms with Gasteiger partial charge in [0.15, 0.2) is 0 Å². The Morgan fingerprint density at radius 1 is 1.38 bits per heavy atom. The van der Waals surface area contributed by atoms with E-state index in [1.54, 1.807) is 18.2 Å². The number of rotatable bonds is 2. The molecule has 0 bridgehead atoms. The fraction of sp³-hybridized carbons (Fsp3) is 0.273. The molecule has 1 nitrogen and oxygen atoms in total. The highest BCUT2D eigenvalue weighted by Crippen LogP contribution is 2.14. The van der Waals surface area contributed by atoms with Crippen molar-refractivity contribution in [3.63, 3.8) is 0 Å². The topological polar surface area (TPSA) is 26.0 Å². The van der Waals surface area contributed by atoms with Gasteiger partial charge in [-0.3, -0.25) is 0 Å². The van der Waals surface area contributed by atoms with Gasteiger partial charge in [-0.2, -0.15) is 0 Å². The monoisotopic (exact) mass is 179 g/mol. The zero-order chi connectivity index (χ0) is 9.84. The predicted octanol–water partition coefficient (Wildman–Crippen LogP) is 2.78. The molecule has 0 amide bonds. The Morgan fingerprint density at radius 2 is 2.00 bits per heavy atom. The van der Waals surface area contributed by atoms with Crippen molar-refractivity contribution < 1.29 is 4.39 Å². The zero-order valence-corrected chi connectivity index (χ0v) is 7.92. The summed E-state index contributed by atoms with van der Waals surface area (Å²) in [6, 6.07) is 6.53. The van der Waals surface area contributed by atoms with Crippen molar-refractivity contribution in [2.24, 2.45) is 11.7 Å². The van der Waals surface area contributed by atoms with Gasteiger partial charge in [0.25, 0.3) is 0 Å². The van der Waals surface area contributed by atoms with Crippen molar-refractivity contribution in [2.75, 3.05) is 0 Å². The van der Waals surface area contributed by atoms with Crippen molar-refractivity contribution in [1.82, 2.24) is 0 Å². The van der Waals surface area contributed by atoms with E-state index in [4.69, 9.17) is 5.73 Å². The van der Waals surface area contributed by atoms with Gasteiger partial charge in [0.05, 0.1) is 0 Å². The molecular formula is C11H14FN. The number of hydrogen-bond acceptors (Lipinski definition) is 1. The molecule has 1 aromatic carbocycles. The zero-order valence-electron chi connectivity index (χ0n) is 7.92. The van der Waals surface area contributed by atoms with Crippen LogP contribution in [0.1, 0.15) is 19.4 Å². The van der Waals surface area contributed by atoms with Gasteiger partial charge in [0.1, 0.15) is 5.82 Å². The summed E-state index contributed by atoms with van der Waals surface area (Å²) in [5.74, 6) is 0.0662. The molecule has 0 heterocycles. The molecule has 0 saturated carbocycles. The molecule has 0 radical (unpaired) electrons. The average Bonchev–Trinajstić information content (AvgIpc) is 2.03. The van der Waals surface area contributed by atoms with Crippen LogP contribution < -0.4 is 5.73 Å². The van der Waals surface area contributed by atoms with Gasteiger partial charge >= 0.3 is 0 Å². The first-order valence-electron chi connectivity index (χ1n) is 4.33. The van der Waals surface area contributed by atoms with Gasteiger partial charge in [0, 0.05) is 11.3 Å². The lowest BCUT2D eigenvalue weighted by Crippen LogP contribution is -2.00. The van der Waals surface area contributed by atoms with E-state index in [0.717, 1.165) is 0 Å². The number of benzene rings is 1. The predicted molar refractivity (Wildman–Crippen MR) is 53.4 cm³/mol. The lowest BCUT2D eigenvalue weighted by atomic mass is 10.1. The fourth-order valence-corrected chi connectivity index (χ4v) is 1.14. The van der Waals surface area contributed by atoms with Crippen LogP contribution >= 0.6 is 0 Å². The minimum atomic E-state index is -0.267. The lowest BCUT2D eigenvalue weighted by molar-refractivity contribution is 0.623. The molecule has 0 fully saturated rings. The Balaban J connectivity index is 3.02. The van der Waals surface area contributed by atoms with Gasteiger partial charge in [0.2, 0.25) is 0 Å². The van der Waals surface area contributed by atoms with E-state index in [2.05, 4.69) is 0 Å². The summed E-state index contributed by atoms with van der Waals surface area (Å²) in [5, 5.41) is 0. The minimum absolute atomic E-state index is 0.267. The first-order chi connectivity index (χ1) is 6.11. The van der Waals surface area contributed by atoms with Crippen LogP contribution in [0.2, 0.25) is 0 Å². The summed E-state index contributed by atoms with van der Waals surface area (Å²) in [7, 11) is 0. The molecule has 0 aliphatic heterocycles. The number of halogens is 1. The molecule has 0 saturated heterocycles. The highest BCUT2D eigenvalue weighted by Gasteiger charge is 2.03. The summed E-state index contributed by atoms with van der Waals surface area (Å²) in [4.78, 5) is 0. The maximum Gasteiger partial charge on any atom is 0.132 e. The summed E-state index contributed by atoms with van der Waals surface area (Å²) in [6.07, 6.45) is 1.85. The highest BCUT2D eigenvalue weighted by molar-refractivity contribution is 5.63. The van der Waals surface area contributed by atoms with Crippen LogP contribution in [0.25, 0.3) is 5.70 Å². The molecule has 1 rings (SSSR count). The third-order valence-electron chi connectivity index (χ3n) is 1.70. The van der Waals surface area contributed by atoms with E-state index in [-0.39, 0.29) is 5.82 Å². The molecule has 13 heavy (non-hydrogen) atoms. The van der Waals surface area contributed by atoms with Crippen molar-refractivity contribution in [3.8, 4) is 0 Å². The van der Waals surface area contributed by atoms with E-state index in [0.29, 0.717) is 17.2 Å². The summed E-state index contributed by atoms with van der Waals surface area (Å²) < 4.78 is 13.2. The number of hydrogen-bond donors (Lipinski definition) is 1. The van der Waals surface area contributed by atoms with Crippen molar-refractivity contribution in [3.05, 3.63) is 41.7 Å². The quantitative estimate of drug-likeness (QED) is 0.742. The highest BCUT2D eigenvalue weighted by atomic mass is 19.1. The van der Waals surface area contributed by atoms with E-state index in [1.165, 1.54) is 6.07 Å². The van der Waals surface area contributed by atoms with Crippen LogP contribution in [-0.2, 0) is 0 Å². The first-order valence-corrected chi connectivity index (χ1v) is 4.33. The Bertz CT molecular complexity index is 316. The Kier molecular flexibility index (Phi) is 3.07. The molecule has 0 unspecified atom stereocenters. The smallest absolute Gasteiger partial charge is 0.132 e. The standard InChI is InChI=1S/C11H14FN/c1-8(2)7-11(13)9-5-3-4-6-10(9)12/h3-8H,13H2,1-2H3/b11-7-. The van der Waals surface area contributed by atoms with E-state index < -0.39 is 0 Å². The largest absolute Gasteiger partial charge is 0.398 e. The molecule has 0 aromatic heterocycles. The van der Waals surface area contributed by atoms with Gasteiger partial charge in [-0.05, 0) is 18.1 Å². The summed E-state index contributed by atoms with van der Waals surface area (Å²) in [5.41, 5.74) is 6.71. The molecule has 0 spiro atoms. The van der Waals surface area contributed by atoms with E-state index in [9.17, 15) is 4.39 Å². The van der Waals surface area contributed by atoms with E-state index >= 15 is 0 Å². The summed E-state index contributed by atoms with van der Waals surface area (Å²) >= 11 is 0. The van der Waals surface area contributed by atoms with Crippen LogP contribution in [0.5, 0.6) is 0 Å². The van der Waals surface area contributed by atoms with Crippen LogP contribution in [0.4, 0.5) is 4.39 Å². The molecule has 1 aromatic rings. The second kappa shape index (κ2) is 4.08. The minimum Gasteiger partial charge on any atom is -0.398 e. The normalized spacial score (nSPS) is 12.2. The van der Waals surface area contributed by atoms with Gasteiger partial charge in [-0.25, -0.2) is 4.39 Å². The first kappa shape index (κ1) is 9.78. The average molecular weight is 179 g/mol.